The summed E-state index contributed by atoms with van der Waals surface area (Å²) in [6.07, 6.45) is -4.59. The summed E-state index contributed by atoms with van der Waals surface area (Å²) < 4.78 is 50.8. The molecule has 0 saturated heterocycles. The third kappa shape index (κ3) is 5.25. The van der Waals surface area contributed by atoms with E-state index in [2.05, 4.69) is 10.6 Å². The first-order valence-corrected chi connectivity index (χ1v) is 5.61. The Morgan fingerprint density at radius 2 is 1.95 bits per heavy atom. The van der Waals surface area contributed by atoms with Crippen LogP contribution in [0.4, 0.5) is 17.6 Å². The molecule has 106 valence electrons. The lowest BCUT2D eigenvalue weighted by Crippen LogP contribution is -2.30. The topological polar surface area (TPSA) is 41.1 Å². The van der Waals surface area contributed by atoms with E-state index in [4.69, 9.17) is 0 Å². The molecule has 0 bridgehead atoms. The average molecular weight is 278 g/mol. The van der Waals surface area contributed by atoms with Crippen molar-refractivity contribution in [1.82, 2.24) is 10.6 Å². The number of carbonyl (C=O) groups is 1. The molecule has 0 aliphatic rings. The Balaban J connectivity index is 2.61. The standard InChI is InChI=1S/C12H14F4N2O/c1-8(19)18-5-4-17-7-9-2-3-10(13)6-11(9)12(14,15)16/h2-3,6,17H,4-5,7H2,1H3,(H,18,19). The number of rotatable bonds is 5. The van der Waals surface area contributed by atoms with E-state index in [9.17, 15) is 22.4 Å². The van der Waals surface area contributed by atoms with Crippen molar-refractivity contribution in [2.75, 3.05) is 13.1 Å². The molecule has 19 heavy (non-hydrogen) atoms. The zero-order valence-corrected chi connectivity index (χ0v) is 10.3. The van der Waals surface area contributed by atoms with E-state index in [1.807, 2.05) is 0 Å². The summed E-state index contributed by atoms with van der Waals surface area (Å²) in [5.74, 6) is -1.13. The predicted molar refractivity (Wildman–Crippen MR) is 61.8 cm³/mol. The van der Waals surface area contributed by atoms with Crippen molar-refractivity contribution in [2.45, 2.75) is 19.6 Å². The van der Waals surface area contributed by atoms with Crippen molar-refractivity contribution in [2.24, 2.45) is 0 Å². The van der Waals surface area contributed by atoms with Gasteiger partial charge in [-0.05, 0) is 17.7 Å². The minimum Gasteiger partial charge on any atom is -0.355 e. The van der Waals surface area contributed by atoms with Gasteiger partial charge in [0.15, 0.2) is 0 Å². The second-order valence-corrected chi connectivity index (χ2v) is 3.96. The second-order valence-electron chi connectivity index (χ2n) is 3.96. The third-order valence-corrected chi connectivity index (χ3v) is 2.37. The number of alkyl halides is 3. The minimum absolute atomic E-state index is 0.0308. The average Bonchev–Trinajstić information content (AvgIpc) is 2.28. The van der Waals surface area contributed by atoms with E-state index in [0.717, 1.165) is 12.1 Å². The fraction of sp³-hybridized carbons (Fsp3) is 0.417. The number of benzene rings is 1. The lowest BCUT2D eigenvalue weighted by Gasteiger charge is -2.13. The van der Waals surface area contributed by atoms with Gasteiger partial charge in [-0.25, -0.2) is 4.39 Å². The van der Waals surface area contributed by atoms with Crippen LogP contribution in [0.1, 0.15) is 18.1 Å². The number of hydrogen-bond donors (Lipinski definition) is 2. The van der Waals surface area contributed by atoms with Crippen LogP contribution in [0.15, 0.2) is 18.2 Å². The van der Waals surface area contributed by atoms with Gasteiger partial charge in [-0.1, -0.05) is 6.07 Å². The van der Waals surface area contributed by atoms with Crippen molar-refractivity contribution in [3.63, 3.8) is 0 Å². The monoisotopic (exact) mass is 278 g/mol. The highest BCUT2D eigenvalue weighted by atomic mass is 19.4. The van der Waals surface area contributed by atoms with E-state index in [-0.39, 0.29) is 18.0 Å². The molecule has 0 atom stereocenters. The van der Waals surface area contributed by atoms with Crippen LogP contribution in [0.25, 0.3) is 0 Å². The van der Waals surface area contributed by atoms with Crippen LogP contribution in [0, 0.1) is 5.82 Å². The summed E-state index contributed by atoms with van der Waals surface area (Å²) in [7, 11) is 0. The van der Waals surface area contributed by atoms with Crippen LogP contribution < -0.4 is 10.6 Å². The first-order chi connectivity index (χ1) is 8.80. The lowest BCUT2D eigenvalue weighted by molar-refractivity contribution is -0.138. The molecule has 7 heteroatoms. The normalized spacial score (nSPS) is 11.4. The zero-order chi connectivity index (χ0) is 14.5. The summed E-state index contributed by atoms with van der Waals surface area (Å²) in [6, 6.07) is 2.56. The van der Waals surface area contributed by atoms with Gasteiger partial charge in [-0.15, -0.1) is 0 Å². The highest BCUT2D eigenvalue weighted by molar-refractivity contribution is 5.72. The molecular formula is C12H14F4N2O. The molecule has 0 aliphatic carbocycles. The zero-order valence-electron chi connectivity index (χ0n) is 10.3. The summed E-state index contributed by atoms with van der Waals surface area (Å²) in [4.78, 5) is 10.6. The van der Waals surface area contributed by atoms with Crippen LogP contribution in [-0.4, -0.2) is 19.0 Å². The second kappa shape index (κ2) is 6.51. The van der Waals surface area contributed by atoms with Crippen molar-refractivity contribution >= 4 is 5.91 Å². The predicted octanol–water partition coefficient (Wildman–Crippen LogP) is 2.07. The third-order valence-electron chi connectivity index (χ3n) is 2.37. The van der Waals surface area contributed by atoms with Crippen molar-refractivity contribution in [3.05, 3.63) is 35.1 Å². The molecule has 1 rings (SSSR count). The van der Waals surface area contributed by atoms with E-state index in [1.165, 1.54) is 6.92 Å². The Morgan fingerprint density at radius 3 is 2.53 bits per heavy atom. The van der Waals surface area contributed by atoms with Crippen molar-refractivity contribution < 1.29 is 22.4 Å². The van der Waals surface area contributed by atoms with Gasteiger partial charge in [0.25, 0.3) is 0 Å². The van der Waals surface area contributed by atoms with E-state index in [1.54, 1.807) is 0 Å². The SMILES string of the molecule is CC(=O)NCCNCc1ccc(F)cc1C(F)(F)F. The largest absolute Gasteiger partial charge is 0.416 e. The first kappa shape index (κ1) is 15.4. The highest BCUT2D eigenvalue weighted by Gasteiger charge is 2.33. The highest BCUT2D eigenvalue weighted by Crippen LogP contribution is 2.32. The Hall–Kier alpha value is -1.63. The molecule has 0 spiro atoms. The summed E-state index contributed by atoms with van der Waals surface area (Å²) in [6.45, 7) is 1.95. The van der Waals surface area contributed by atoms with Gasteiger partial charge < -0.3 is 10.6 Å². The first-order valence-electron chi connectivity index (χ1n) is 5.61. The molecule has 0 aliphatic heterocycles. The Bertz CT molecular complexity index is 446. The van der Waals surface area contributed by atoms with E-state index in [0.29, 0.717) is 19.2 Å². The molecule has 0 heterocycles. The number of halogens is 4. The molecule has 1 aromatic rings. The van der Waals surface area contributed by atoms with Crippen LogP contribution >= 0.6 is 0 Å². The van der Waals surface area contributed by atoms with Crippen LogP contribution in [0.5, 0.6) is 0 Å². The van der Waals surface area contributed by atoms with Crippen LogP contribution in [0.2, 0.25) is 0 Å². The van der Waals surface area contributed by atoms with E-state index >= 15 is 0 Å². The molecule has 1 aromatic carbocycles. The van der Waals surface area contributed by atoms with Crippen molar-refractivity contribution in [1.29, 1.82) is 0 Å². The van der Waals surface area contributed by atoms with Gasteiger partial charge in [0.2, 0.25) is 5.91 Å². The lowest BCUT2D eigenvalue weighted by atomic mass is 10.1. The molecule has 0 aromatic heterocycles. The Kier molecular flexibility index (Phi) is 5.29. The Labute approximate surface area is 108 Å². The molecule has 3 nitrogen and oxygen atoms in total. The molecule has 0 radical (unpaired) electrons. The van der Waals surface area contributed by atoms with Gasteiger partial charge in [-0.2, -0.15) is 13.2 Å². The fourth-order valence-electron chi connectivity index (χ4n) is 1.52. The van der Waals surface area contributed by atoms with Crippen LogP contribution in [0.3, 0.4) is 0 Å². The maximum atomic E-state index is 12.8. The summed E-state index contributed by atoms with van der Waals surface area (Å²) >= 11 is 0. The number of hydrogen-bond acceptors (Lipinski definition) is 2. The molecular weight excluding hydrogens is 264 g/mol. The van der Waals surface area contributed by atoms with Gasteiger partial charge in [0, 0.05) is 26.6 Å². The van der Waals surface area contributed by atoms with Gasteiger partial charge in [0.1, 0.15) is 5.82 Å². The maximum Gasteiger partial charge on any atom is 0.416 e. The Morgan fingerprint density at radius 1 is 1.26 bits per heavy atom. The molecule has 0 fully saturated rings. The van der Waals surface area contributed by atoms with Crippen molar-refractivity contribution in [3.8, 4) is 0 Å². The van der Waals surface area contributed by atoms with E-state index < -0.39 is 17.6 Å². The number of amides is 1. The molecule has 2 N–H and O–H groups in total. The van der Waals surface area contributed by atoms with Crippen LogP contribution in [-0.2, 0) is 17.5 Å². The van der Waals surface area contributed by atoms with Gasteiger partial charge >= 0.3 is 6.18 Å². The number of nitrogens with one attached hydrogen (secondary N) is 2. The number of carbonyl (C=O) groups excluding carboxylic acids is 1. The fourth-order valence-corrected chi connectivity index (χ4v) is 1.52. The van der Waals surface area contributed by atoms with Gasteiger partial charge in [-0.3, -0.25) is 4.79 Å². The summed E-state index contributed by atoms with van der Waals surface area (Å²) in [5, 5.41) is 5.25. The quantitative estimate of drug-likeness (QED) is 0.639. The molecule has 1 amide bonds. The molecule has 0 saturated carbocycles. The summed E-state index contributed by atoms with van der Waals surface area (Å²) in [5.41, 5.74) is -1.02. The maximum absolute atomic E-state index is 12.8. The van der Waals surface area contributed by atoms with Gasteiger partial charge in [0.05, 0.1) is 5.56 Å². The molecule has 0 unspecified atom stereocenters. The minimum atomic E-state index is -4.59. The smallest absolute Gasteiger partial charge is 0.355 e.